The molecule has 0 bridgehead atoms. The lowest BCUT2D eigenvalue weighted by Gasteiger charge is -2.18. The molecule has 1 aliphatic carbocycles. The number of fused-ring (bicyclic) bond motifs is 1. The summed E-state index contributed by atoms with van der Waals surface area (Å²) in [5.41, 5.74) is 6.58. The van der Waals surface area contributed by atoms with Crippen LogP contribution in [0, 0.1) is 5.82 Å². The molecule has 26 heavy (non-hydrogen) atoms. The SMILES string of the molecule is CCC1C=CC=C(c2cccnc2-c2ccc(F)cc2)c2ccccc21. The van der Waals surface area contributed by atoms with E-state index < -0.39 is 0 Å². The minimum atomic E-state index is -0.237. The number of aromatic nitrogens is 1. The monoisotopic (exact) mass is 341 g/mol. The van der Waals surface area contributed by atoms with E-state index in [9.17, 15) is 4.39 Å². The molecular weight excluding hydrogens is 321 g/mol. The van der Waals surface area contributed by atoms with Crippen molar-refractivity contribution in [3.8, 4) is 11.3 Å². The van der Waals surface area contributed by atoms with Crippen molar-refractivity contribution in [1.29, 1.82) is 0 Å². The summed E-state index contributed by atoms with van der Waals surface area (Å²) in [6.45, 7) is 2.21. The first kappa shape index (κ1) is 16.5. The summed E-state index contributed by atoms with van der Waals surface area (Å²) in [6.07, 6.45) is 9.42. The number of rotatable bonds is 3. The molecule has 0 N–H and O–H groups in total. The highest BCUT2D eigenvalue weighted by Gasteiger charge is 2.19. The van der Waals surface area contributed by atoms with Gasteiger partial charge in [0.05, 0.1) is 5.69 Å². The molecule has 0 saturated heterocycles. The van der Waals surface area contributed by atoms with Crippen LogP contribution in [0.3, 0.4) is 0 Å². The molecule has 3 aromatic rings. The Balaban J connectivity index is 1.90. The predicted octanol–water partition coefficient (Wildman–Crippen LogP) is 6.38. The summed E-state index contributed by atoms with van der Waals surface area (Å²) in [5, 5.41) is 0. The minimum absolute atomic E-state index is 0.237. The van der Waals surface area contributed by atoms with Crippen molar-refractivity contribution >= 4 is 5.57 Å². The second kappa shape index (κ2) is 7.09. The maximum atomic E-state index is 13.3. The van der Waals surface area contributed by atoms with Crippen LogP contribution in [0.25, 0.3) is 16.8 Å². The summed E-state index contributed by atoms with van der Waals surface area (Å²) < 4.78 is 13.3. The van der Waals surface area contributed by atoms with Gasteiger partial charge in [-0.25, -0.2) is 4.39 Å². The van der Waals surface area contributed by atoms with Gasteiger partial charge in [-0.15, -0.1) is 0 Å². The van der Waals surface area contributed by atoms with Gasteiger partial charge in [-0.1, -0.05) is 55.5 Å². The fourth-order valence-electron chi connectivity index (χ4n) is 3.60. The molecular formula is C24H20FN. The number of allylic oxidation sites excluding steroid dienone is 3. The highest BCUT2D eigenvalue weighted by Crippen LogP contribution is 2.38. The quantitative estimate of drug-likeness (QED) is 0.538. The zero-order valence-corrected chi connectivity index (χ0v) is 14.7. The average molecular weight is 341 g/mol. The van der Waals surface area contributed by atoms with Crippen LogP contribution in [-0.4, -0.2) is 4.98 Å². The molecule has 1 aromatic heterocycles. The van der Waals surface area contributed by atoms with E-state index in [-0.39, 0.29) is 5.82 Å². The van der Waals surface area contributed by atoms with Gasteiger partial charge < -0.3 is 0 Å². The molecule has 0 fully saturated rings. The molecule has 1 atom stereocenters. The zero-order valence-electron chi connectivity index (χ0n) is 14.7. The van der Waals surface area contributed by atoms with Gasteiger partial charge in [-0.2, -0.15) is 0 Å². The average Bonchev–Trinajstić information content (AvgIpc) is 2.88. The van der Waals surface area contributed by atoms with Crippen LogP contribution < -0.4 is 0 Å². The van der Waals surface area contributed by atoms with Gasteiger partial charge in [0.25, 0.3) is 0 Å². The van der Waals surface area contributed by atoms with E-state index in [0.29, 0.717) is 5.92 Å². The maximum absolute atomic E-state index is 13.3. The van der Waals surface area contributed by atoms with E-state index in [1.807, 2.05) is 6.07 Å². The molecule has 4 rings (SSSR count). The molecule has 2 heteroatoms. The third-order valence-corrected chi connectivity index (χ3v) is 4.91. The lowest BCUT2D eigenvalue weighted by Crippen LogP contribution is -2.00. The molecule has 128 valence electrons. The van der Waals surface area contributed by atoms with Crippen molar-refractivity contribution in [2.24, 2.45) is 0 Å². The van der Waals surface area contributed by atoms with Crippen LogP contribution in [0.15, 0.2) is 85.1 Å². The maximum Gasteiger partial charge on any atom is 0.123 e. The second-order valence-electron chi connectivity index (χ2n) is 6.47. The van der Waals surface area contributed by atoms with Gasteiger partial charge >= 0.3 is 0 Å². The number of halogens is 1. The Hall–Kier alpha value is -3.00. The standard InChI is InChI=1S/C24H20FN/c1-2-17-7-5-10-22(21-9-4-3-8-20(17)21)23-11-6-16-26-24(23)18-12-14-19(25)15-13-18/h3-17H,2H2,1H3. The molecule has 2 aromatic carbocycles. The Morgan fingerprint density at radius 3 is 2.50 bits per heavy atom. The smallest absolute Gasteiger partial charge is 0.123 e. The third-order valence-electron chi connectivity index (χ3n) is 4.91. The van der Waals surface area contributed by atoms with Crippen LogP contribution in [0.2, 0.25) is 0 Å². The first-order chi connectivity index (χ1) is 12.8. The van der Waals surface area contributed by atoms with Crippen molar-refractivity contribution in [3.63, 3.8) is 0 Å². The summed E-state index contributed by atoms with van der Waals surface area (Å²) in [5.74, 6) is 0.171. The number of hydrogen-bond acceptors (Lipinski definition) is 1. The molecule has 0 aliphatic heterocycles. The molecule has 0 spiro atoms. The number of nitrogens with zero attached hydrogens (tertiary/aromatic N) is 1. The molecule has 1 heterocycles. The van der Waals surface area contributed by atoms with Gasteiger partial charge in [-0.3, -0.25) is 4.98 Å². The van der Waals surface area contributed by atoms with Gasteiger partial charge in [0.2, 0.25) is 0 Å². The van der Waals surface area contributed by atoms with Gasteiger partial charge in [0.1, 0.15) is 5.82 Å². The number of benzene rings is 2. The third kappa shape index (κ3) is 2.99. The highest BCUT2D eigenvalue weighted by molar-refractivity contribution is 5.89. The van der Waals surface area contributed by atoms with Gasteiger partial charge in [0.15, 0.2) is 0 Å². The van der Waals surface area contributed by atoms with E-state index >= 15 is 0 Å². The largest absolute Gasteiger partial charge is 0.256 e. The minimum Gasteiger partial charge on any atom is -0.256 e. The summed E-state index contributed by atoms with van der Waals surface area (Å²) >= 11 is 0. The lowest BCUT2D eigenvalue weighted by atomic mass is 9.87. The summed E-state index contributed by atoms with van der Waals surface area (Å²) in [6, 6.07) is 19.2. The Morgan fingerprint density at radius 2 is 1.69 bits per heavy atom. The second-order valence-corrected chi connectivity index (χ2v) is 6.47. The summed E-state index contributed by atoms with van der Waals surface area (Å²) in [4.78, 5) is 4.61. The molecule has 1 aliphatic rings. The zero-order chi connectivity index (χ0) is 17.9. The van der Waals surface area contributed by atoms with Crippen molar-refractivity contribution in [1.82, 2.24) is 4.98 Å². The molecule has 1 nitrogen and oxygen atoms in total. The predicted molar refractivity (Wildman–Crippen MR) is 105 cm³/mol. The Bertz CT molecular complexity index is 983. The van der Waals surface area contributed by atoms with Crippen molar-refractivity contribution < 1.29 is 4.39 Å². The topological polar surface area (TPSA) is 12.9 Å². The van der Waals surface area contributed by atoms with E-state index in [0.717, 1.165) is 28.8 Å². The molecule has 0 radical (unpaired) electrons. The fourth-order valence-corrected chi connectivity index (χ4v) is 3.60. The highest BCUT2D eigenvalue weighted by atomic mass is 19.1. The van der Waals surface area contributed by atoms with Crippen molar-refractivity contribution in [3.05, 3.63) is 108 Å². The van der Waals surface area contributed by atoms with Crippen LogP contribution in [-0.2, 0) is 0 Å². The van der Waals surface area contributed by atoms with Crippen molar-refractivity contribution in [2.75, 3.05) is 0 Å². The summed E-state index contributed by atoms with van der Waals surface area (Å²) in [7, 11) is 0. The first-order valence-corrected chi connectivity index (χ1v) is 8.97. The number of pyridine rings is 1. The Morgan fingerprint density at radius 1 is 0.923 bits per heavy atom. The van der Waals surface area contributed by atoms with Crippen LogP contribution in [0.4, 0.5) is 4.39 Å². The Labute approximate surface area is 153 Å². The van der Waals surface area contributed by atoms with Gasteiger partial charge in [0, 0.05) is 23.2 Å². The Kier molecular flexibility index (Phi) is 4.49. The van der Waals surface area contributed by atoms with Crippen LogP contribution in [0.5, 0.6) is 0 Å². The van der Waals surface area contributed by atoms with E-state index in [2.05, 4.69) is 60.5 Å². The van der Waals surface area contributed by atoms with Gasteiger partial charge in [-0.05, 0) is 53.5 Å². The van der Waals surface area contributed by atoms with Crippen molar-refractivity contribution in [2.45, 2.75) is 19.3 Å². The number of hydrogen-bond donors (Lipinski definition) is 0. The van der Waals surface area contributed by atoms with E-state index in [4.69, 9.17) is 0 Å². The fraction of sp³-hybridized carbons (Fsp3) is 0.125. The van der Waals surface area contributed by atoms with E-state index in [1.54, 1.807) is 18.3 Å². The molecule has 1 unspecified atom stereocenters. The van der Waals surface area contributed by atoms with Crippen LogP contribution in [0.1, 0.15) is 36.0 Å². The normalized spacial score (nSPS) is 15.9. The molecule has 0 amide bonds. The van der Waals surface area contributed by atoms with Crippen LogP contribution >= 0.6 is 0 Å². The van der Waals surface area contributed by atoms with E-state index in [1.165, 1.54) is 23.3 Å². The lowest BCUT2D eigenvalue weighted by molar-refractivity contribution is 0.628. The molecule has 0 saturated carbocycles. The first-order valence-electron chi connectivity index (χ1n) is 8.97.